The maximum atomic E-state index is 12.3. The lowest BCUT2D eigenvalue weighted by molar-refractivity contribution is 0.0819. The Balaban J connectivity index is 0.000000568. The van der Waals surface area contributed by atoms with Crippen LogP contribution in [-0.2, 0) is 13.6 Å². The van der Waals surface area contributed by atoms with Crippen LogP contribution in [0.5, 0.6) is 0 Å². The number of amides is 1. The molecule has 9 nitrogen and oxygen atoms in total. The van der Waals surface area contributed by atoms with Crippen LogP contribution in [0.15, 0.2) is 30.6 Å². The van der Waals surface area contributed by atoms with E-state index in [-0.39, 0.29) is 7.33 Å². The highest BCUT2D eigenvalue weighted by atomic mass is 16.2. The molecule has 1 aliphatic heterocycles. The Labute approximate surface area is 216 Å². The summed E-state index contributed by atoms with van der Waals surface area (Å²) in [7, 11) is 5.31. The first-order chi connectivity index (χ1) is 17.3. The fourth-order valence-electron chi connectivity index (χ4n) is 4.45. The second-order valence-corrected chi connectivity index (χ2v) is 10.2. The van der Waals surface area contributed by atoms with Gasteiger partial charge < -0.3 is 19.7 Å². The lowest BCUT2D eigenvalue weighted by Crippen LogP contribution is -2.45. The molecular weight excluding hydrogens is 452 g/mol. The summed E-state index contributed by atoms with van der Waals surface area (Å²) >= 11 is 0. The van der Waals surface area contributed by atoms with Crippen LogP contribution in [0.4, 0.5) is 11.8 Å². The van der Waals surface area contributed by atoms with Gasteiger partial charge in [-0.15, -0.1) is 0 Å². The van der Waals surface area contributed by atoms with E-state index in [9.17, 15) is 4.79 Å². The van der Waals surface area contributed by atoms with Crippen molar-refractivity contribution in [3.05, 3.63) is 41.9 Å². The van der Waals surface area contributed by atoms with E-state index in [1.807, 2.05) is 25.4 Å². The molecule has 0 spiro atoms. The van der Waals surface area contributed by atoms with Gasteiger partial charge in [0.15, 0.2) is 0 Å². The Morgan fingerprint density at radius 2 is 1.81 bits per heavy atom. The van der Waals surface area contributed by atoms with Crippen LogP contribution in [0.2, 0.25) is 0 Å². The number of hydrogen-bond acceptors (Lipinski definition) is 7. The zero-order valence-corrected chi connectivity index (χ0v) is 22.4. The lowest BCUT2D eigenvalue weighted by atomic mass is 9.88. The van der Waals surface area contributed by atoms with E-state index in [0.717, 1.165) is 50.6 Å². The number of nitrogens with one attached hydrogen (secondary N) is 1. The number of nitrogens with zero attached hydrogens (tertiary/aromatic N) is 7. The second kappa shape index (κ2) is 11.8. The highest BCUT2D eigenvalue weighted by Gasteiger charge is 2.17. The van der Waals surface area contributed by atoms with Gasteiger partial charge in [0.05, 0.1) is 0 Å². The Kier molecular flexibility index (Phi) is 8.53. The van der Waals surface area contributed by atoms with Gasteiger partial charge in [0.1, 0.15) is 17.2 Å². The molecule has 2 aliphatic rings. The molecule has 1 saturated heterocycles. The minimum atomic E-state index is -0.0663. The molecule has 2 fully saturated rings. The standard InChI is InChI=1S/C22H30N8O.C5H10.H2/c1-5-29-8-10-30(11-9-29)15-16-6-7-19(23-13-16)25-22-24-14-17-12-18(21(31)27(2)3)28(4)20(17)26-22;1-5-3-2-4-5;/h6-7,12-14H,5,8-11,15H2,1-4H3,(H,23,24,25,26);5H,2-4H2,1H3;1H. The van der Waals surface area contributed by atoms with Gasteiger partial charge in [-0.25, -0.2) is 9.97 Å². The molecule has 0 bridgehead atoms. The summed E-state index contributed by atoms with van der Waals surface area (Å²) in [6.45, 7) is 11.0. The number of carbonyl (C=O) groups excluding carboxylic acids is 1. The summed E-state index contributed by atoms with van der Waals surface area (Å²) in [4.78, 5) is 32.3. The minimum absolute atomic E-state index is 0. The highest BCUT2D eigenvalue weighted by Crippen LogP contribution is 2.24. The molecule has 4 heterocycles. The minimum Gasteiger partial charge on any atom is -0.343 e. The summed E-state index contributed by atoms with van der Waals surface area (Å²) < 4.78 is 1.79. The molecule has 9 heteroatoms. The Hall–Kier alpha value is -3.04. The van der Waals surface area contributed by atoms with E-state index in [1.54, 1.807) is 29.8 Å². The van der Waals surface area contributed by atoms with Crippen molar-refractivity contribution < 1.29 is 6.22 Å². The molecule has 0 radical (unpaired) electrons. The highest BCUT2D eigenvalue weighted by molar-refractivity contribution is 5.97. The molecule has 196 valence electrons. The molecule has 3 aromatic rings. The number of aromatic nitrogens is 4. The molecule has 36 heavy (non-hydrogen) atoms. The molecule has 3 aromatic heterocycles. The van der Waals surface area contributed by atoms with Crippen LogP contribution in [0.1, 0.15) is 50.6 Å². The van der Waals surface area contributed by atoms with Crippen molar-refractivity contribution in [3.8, 4) is 0 Å². The molecule has 1 aliphatic carbocycles. The van der Waals surface area contributed by atoms with E-state index >= 15 is 0 Å². The third kappa shape index (κ3) is 6.39. The summed E-state index contributed by atoms with van der Waals surface area (Å²) in [6, 6.07) is 5.86. The summed E-state index contributed by atoms with van der Waals surface area (Å²) in [5.41, 5.74) is 2.47. The van der Waals surface area contributed by atoms with E-state index in [0.29, 0.717) is 23.1 Å². The van der Waals surface area contributed by atoms with Crippen molar-refractivity contribution in [3.63, 3.8) is 0 Å². The number of piperazine rings is 1. The van der Waals surface area contributed by atoms with Gasteiger partial charge in [-0.3, -0.25) is 9.69 Å². The second-order valence-electron chi connectivity index (χ2n) is 10.2. The summed E-state index contributed by atoms with van der Waals surface area (Å²) in [5.74, 6) is 2.14. The zero-order chi connectivity index (χ0) is 25.7. The average Bonchev–Trinajstić information content (AvgIpc) is 3.20. The predicted octanol–water partition coefficient (Wildman–Crippen LogP) is 4.00. The Bertz CT molecular complexity index is 1150. The fourth-order valence-corrected chi connectivity index (χ4v) is 4.45. The van der Waals surface area contributed by atoms with E-state index in [2.05, 4.69) is 50.0 Å². The van der Waals surface area contributed by atoms with Gasteiger partial charge in [0.25, 0.3) is 5.91 Å². The van der Waals surface area contributed by atoms with Crippen molar-refractivity contribution in [2.45, 2.75) is 39.7 Å². The number of fused-ring (bicyclic) bond motifs is 1. The van der Waals surface area contributed by atoms with Gasteiger partial charge in [0.2, 0.25) is 5.95 Å². The molecule has 1 saturated carbocycles. The number of rotatable bonds is 6. The lowest BCUT2D eigenvalue weighted by Gasteiger charge is -2.33. The third-order valence-corrected chi connectivity index (χ3v) is 7.17. The first kappa shape index (κ1) is 26.0. The van der Waals surface area contributed by atoms with Crippen molar-refractivity contribution >= 4 is 28.7 Å². The van der Waals surface area contributed by atoms with Gasteiger partial charge in [-0.05, 0) is 30.2 Å². The first-order valence-electron chi connectivity index (χ1n) is 13.0. The number of anilines is 2. The van der Waals surface area contributed by atoms with Crippen LogP contribution in [0, 0.1) is 5.92 Å². The largest absolute Gasteiger partial charge is 0.343 e. The molecule has 1 amide bonds. The molecular formula is C27H42N8O. The number of aryl methyl sites for hydroxylation is 1. The fraction of sp³-hybridized carbons (Fsp3) is 0.556. The molecule has 5 rings (SSSR count). The van der Waals surface area contributed by atoms with Gasteiger partial charge in [0, 0.05) is 73.1 Å². The van der Waals surface area contributed by atoms with Crippen LogP contribution in [0.25, 0.3) is 11.0 Å². The van der Waals surface area contributed by atoms with Crippen molar-refractivity contribution in [2.75, 3.05) is 52.1 Å². The van der Waals surface area contributed by atoms with Crippen molar-refractivity contribution in [2.24, 2.45) is 13.0 Å². The summed E-state index contributed by atoms with van der Waals surface area (Å²) in [6.07, 6.45) is 8.09. The number of carbonyl (C=O) groups is 1. The van der Waals surface area contributed by atoms with Gasteiger partial charge in [-0.1, -0.05) is 39.2 Å². The maximum absolute atomic E-state index is 12.3. The van der Waals surface area contributed by atoms with Crippen LogP contribution >= 0.6 is 0 Å². The van der Waals surface area contributed by atoms with Gasteiger partial charge >= 0.3 is 0 Å². The summed E-state index contributed by atoms with van der Waals surface area (Å²) in [5, 5.41) is 3.99. The first-order valence-corrected chi connectivity index (χ1v) is 13.0. The topological polar surface area (TPSA) is 82.4 Å². The molecule has 1 N–H and O–H groups in total. The van der Waals surface area contributed by atoms with Crippen molar-refractivity contribution in [1.82, 2.24) is 34.2 Å². The number of likely N-dealkylation sites (N-methyl/N-ethyl adjacent to an activating group) is 1. The molecule has 0 atom stereocenters. The Morgan fingerprint density at radius 1 is 1.11 bits per heavy atom. The maximum Gasteiger partial charge on any atom is 0.270 e. The smallest absolute Gasteiger partial charge is 0.270 e. The van der Waals surface area contributed by atoms with Crippen molar-refractivity contribution in [1.29, 1.82) is 0 Å². The molecule has 0 unspecified atom stereocenters. The predicted molar refractivity (Wildman–Crippen MR) is 147 cm³/mol. The monoisotopic (exact) mass is 494 g/mol. The van der Waals surface area contributed by atoms with Gasteiger partial charge in [-0.2, -0.15) is 4.98 Å². The normalized spacial score (nSPS) is 16.8. The average molecular weight is 495 g/mol. The molecule has 0 aromatic carbocycles. The van der Waals surface area contributed by atoms with Crippen LogP contribution in [0.3, 0.4) is 0 Å². The third-order valence-electron chi connectivity index (χ3n) is 7.17. The number of pyridine rings is 1. The number of hydrogen-bond donors (Lipinski definition) is 1. The van der Waals surface area contributed by atoms with E-state index in [1.165, 1.54) is 24.8 Å². The van der Waals surface area contributed by atoms with Crippen LogP contribution < -0.4 is 5.32 Å². The Morgan fingerprint density at radius 3 is 2.36 bits per heavy atom. The quantitative estimate of drug-likeness (QED) is 0.555. The SMILES string of the molecule is CC1CCC1.CCN1CCN(Cc2ccc(Nc3ncc4cc(C(=O)N(C)C)n(C)c4n3)nc2)CC1.[HH]. The van der Waals surface area contributed by atoms with E-state index in [4.69, 9.17) is 0 Å². The van der Waals surface area contributed by atoms with E-state index < -0.39 is 0 Å². The van der Waals surface area contributed by atoms with Crippen LogP contribution in [-0.4, -0.2) is 86.9 Å². The zero-order valence-electron chi connectivity index (χ0n) is 22.4.